The number of benzene rings is 1. The van der Waals surface area contributed by atoms with Gasteiger partial charge in [0.2, 0.25) is 0 Å². The first-order chi connectivity index (χ1) is 7.29. The van der Waals surface area contributed by atoms with Crippen LogP contribution in [0.25, 0.3) is 0 Å². The largest absolute Gasteiger partial charge is 0.481 e. The molecule has 0 aromatic heterocycles. The summed E-state index contributed by atoms with van der Waals surface area (Å²) in [6, 6.07) is 3.06. The number of carbonyl (C=O) groups is 1. The summed E-state index contributed by atoms with van der Waals surface area (Å²) in [6.07, 6.45) is -4.67. The molecule has 0 heterocycles. The molecule has 6 heteroatoms. The molecule has 0 bridgehead atoms. The van der Waals surface area contributed by atoms with Crippen LogP contribution in [0.1, 0.15) is 17.5 Å². The number of carboxylic acid groups (broad SMARTS) is 1. The van der Waals surface area contributed by atoms with Crippen molar-refractivity contribution in [2.24, 2.45) is 0 Å². The lowest BCUT2D eigenvalue weighted by Crippen LogP contribution is -2.06. The number of aryl methyl sites for hydroxylation is 1. The monoisotopic (exact) mass is 252 g/mol. The van der Waals surface area contributed by atoms with Crippen molar-refractivity contribution in [1.29, 1.82) is 0 Å². The summed E-state index contributed by atoms with van der Waals surface area (Å²) in [5.41, 5.74) is -0.595. The van der Waals surface area contributed by atoms with E-state index in [-0.39, 0.29) is 23.4 Å². The number of hydrogen-bond donors (Lipinski definition) is 1. The molecule has 0 aliphatic carbocycles. The molecule has 1 aromatic rings. The second kappa shape index (κ2) is 4.74. The number of alkyl halides is 3. The van der Waals surface area contributed by atoms with Crippen LogP contribution in [0.3, 0.4) is 0 Å². The minimum atomic E-state index is -4.47. The number of halogens is 4. The van der Waals surface area contributed by atoms with Gasteiger partial charge in [0.05, 0.1) is 5.56 Å². The number of hydrogen-bond acceptors (Lipinski definition) is 1. The Balaban J connectivity index is 2.94. The van der Waals surface area contributed by atoms with Crippen LogP contribution in [-0.4, -0.2) is 11.1 Å². The van der Waals surface area contributed by atoms with E-state index in [9.17, 15) is 18.0 Å². The van der Waals surface area contributed by atoms with Gasteiger partial charge in [0.25, 0.3) is 0 Å². The standard InChI is InChI=1S/C10H8ClF3O2/c11-8-4-6(1-2-9(15)16)3-7(5-8)10(12,13)14/h3-5H,1-2H2,(H,15,16). The highest BCUT2D eigenvalue weighted by atomic mass is 35.5. The first-order valence-electron chi connectivity index (χ1n) is 4.37. The highest BCUT2D eigenvalue weighted by molar-refractivity contribution is 6.30. The molecule has 0 amide bonds. The lowest BCUT2D eigenvalue weighted by Gasteiger charge is -2.09. The lowest BCUT2D eigenvalue weighted by atomic mass is 10.1. The Bertz CT molecular complexity index is 402. The van der Waals surface area contributed by atoms with Crippen LogP contribution in [0.2, 0.25) is 5.02 Å². The maximum atomic E-state index is 12.4. The predicted octanol–water partition coefficient (Wildman–Crippen LogP) is 3.38. The lowest BCUT2D eigenvalue weighted by molar-refractivity contribution is -0.137. The fraction of sp³-hybridized carbons (Fsp3) is 0.300. The summed E-state index contributed by atoms with van der Waals surface area (Å²) < 4.78 is 37.1. The molecule has 0 aliphatic rings. The van der Waals surface area contributed by atoms with Crippen molar-refractivity contribution in [1.82, 2.24) is 0 Å². The first-order valence-corrected chi connectivity index (χ1v) is 4.75. The maximum absolute atomic E-state index is 12.4. The van der Waals surface area contributed by atoms with Crippen LogP contribution in [0.15, 0.2) is 18.2 Å². The molecule has 0 fully saturated rings. The fourth-order valence-corrected chi connectivity index (χ4v) is 1.47. The van der Waals surface area contributed by atoms with Gasteiger partial charge in [-0.3, -0.25) is 4.79 Å². The number of aliphatic carboxylic acids is 1. The van der Waals surface area contributed by atoms with Gasteiger partial charge in [0.15, 0.2) is 0 Å². The Labute approximate surface area is 94.6 Å². The second-order valence-electron chi connectivity index (χ2n) is 3.24. The van der Waals surface area contributed by atoms with Crippen LogP contribution < -0.4 is 0 Å². The van der Waals surface area contributed by atoms with Gasteiger partial charge in [0, 0.05) is 11.4 Å². The molecule has 0 aliphatic heterocycles. The zero-order valence-corrected chi connectivity index (χ0v) is 8.77. The number of carboxylic acids is 1. The van der Waals surface area contributed by atoms with Crippen molar-refractivity contribution >= 4 is 17.6 Å². The van der Waals surface area contributed by atoms with Gasteiger partial charge in [-0.05, 0) is 30.2 Å². The van der Waals surface area contributed by atoms with Gasteiger partial charge >= 0.3 is 12.1 Å². The summed E-state index contributed by atoms with van der Waals surface area (Å²) in [5.74, 6) is -1.06. The van der Waals surface area contributed by atoms with E-state index in [4.69, 9.17) is 16.7 Å². The molecule has 2 nitrogen and oxygen atoms in total. The normalized spacial score (nSPS) is 11.5. The molecular formula is C10H8ClF3O2. The van der Waals surface area contributed by atoms with Crippen molar-refractivity contribution < 1.29 is 23.1 Å². The molecule has 0 atom stereocenters. The minimum Gasteiger partial charge on any atom is -0.481 e. The quantitative estimate of drug-likeness (QED) is 0.895. The average molecular weight is 253 g/mol. The molecule has 0 saturated heterocycles. The Morgan fingerprint density at radius 2 is 1.94 bits per heavy atom. The van der Waals surface area contributed by atoms with Crippen molar-refractivity contribution in [2.45, 2.75) is 19.0 Å². The Morgan fingerprint density at radius 1 is 1.31 bits per heavy atom. The van der Waals surface area contributed by atoms with E-state index < -0.39 is 17.7 Å². The molecule has 0 unspecified atom stereocenters. The fourth-order valence-electron chi connectivity index (χ4n) is 1.21. The third kappa shape index (κ3) is 3.73. The molecule has 1 rings (SSSR count). The van der Waals surface area contributed by atoms with E-state index in [0.29, 0.717) is 0 Å². The molecule has 16 heavy (non-hydrogen) atoms. The zero-order valence-electron chi connectivity index (χ0n) is 8.01. The smallest absolute Gasteiger partial charge is 0.416 e. The SMILES string of the molecule is O=C(O)CCc1cc(Cl)cc(C(F)(F)F)c1. The third-order valence-corrected chi connectivity index (χ3v) is 2.13. The molecule has 1 N–H and O–H groups in total. The van der Waals surface area contributed by atoms with Gasteiger partial charge in [-0.25, -0.2) is 0 Å². The predicted molar refractivity (Wildman–Crippen MR) is 52.4 cm³/mol. The zero-order chi connectivity index (χ0) is 12.3. The maximum Gasteiger partial charge on any atom is 0.416 e. The summed E-state index contributed by atoms with van der Waals surface area (Å²) in [4.78, 5) is 10.3. The first kappa shape index (κ1) is 12.8. The molecule has 88 valence electrons. The molecule has 1 aromatic carbocycles. The molecule has 0 saturated carbocycles. The van der Waals surface area contributed by atoms with Crippen LogP contribution in [0.5, 0.6) is 0 Å². The van der Waals surface area contributed by atoms with Crippen molar-refractivity contribution in [3.63, 3.8) is 0 Å². The third-order valence-electron chi connectivity index (χ3n) is 1.91. The van der Waals surface area contributed by atoms with E-state index in [1.165, 1.54) is 6.07 Å². The molecule has 0 spiro atoms. The van der Waals surface area contributed by atoms with Gasteiger partial charge in [-0.1, -0.05) is 11.6 Å². The van der Waals surface area contributed by atoms with E-state index in [1.54, 1.807) is 0 Å². The summed E-state index contributed by atoms with van der Waals surface area (Å²) in [5, 5.41) is 8.37. The van der Waals surface area contributed by atoms with Crippen LogP contribution in [0.4, 0.5) is 13.2 Å². The Morgan fingerprint density at radius 3 is 2.44 bits per heavy atom. The van der Waals surface area contributed by atoms with Crippen LogP contribution in [0, 0.1) is 0 Å². The van der Waals surface area contributed by atoms with Gasteiger partial charge in [-0.2, -0.15) is 13.2 Å². The minimum absolute atomic E-state index is 0.0268. The summed E-state index contributed by atoms with van der Waals surface area (Å²) in [7, 11) is 0. The van der Waals surface area contributed by atoms with E-state index in [1.807, 2.05) is 0 Å². The van der Waals surface area contributed by atoms with E-state index in [2.05, 4.69) is 0 Å². The van der Waals surface area contributed by atoms with Crippen molar-refractivity contribution in [3.05, 3.63) is 34.3 Å². The van der Waals surface area contributed by atoms with Gasteiger partial charge < -0.3 is 5.11 Å². The topological polar surface area (TPSA) is 37.3 Å². The van der Waals surface area contributed by atoms with Crippen LogP contribution >= 0.6 is 11.6 Å². The van der Waals surface area contributed by atoms with Crippen molar-refractivity contribution in [2.75, 3.05) is 0 Å². The molecule has 0 radical (unpaired) electrons. The molecular weight excluding hydrogens is 245 g/mol. The summed E-state index contributed by atoms with van der Waals surface area (Å²) in [6.45, 7) is 0. The highest BCUT2D eigenvalue weighted by Crippen LogP contribution is 2.32. The van der Waals surface area contributed by atoms with Gasteiger partial charge in [-0.15, -0.1) is 0 Å². The Hall–Kier alpha value is -1.23. The summed E-state index contributed by atoms with van der Waals surface area (Å²) >= 11 is 5.52. The van der Waals surface area contributed by atoms with Crippen LogP contribution in [-0.2, 0) is 17.4 Å². The van der Waals surface area contributed by atoms with E-state index >= 15 is 0 Å². The van der Waals surface area contributed by atoms with E-state index in [0.717, 1.165) is 12.1 Å². The van der Waals surface area contributed by atoms with Crippen molar-refractivity contribution in [3.8, 4) is 0 Å². The number of rotatable bonds is 3. The van der Waals surface area contributed by atoms with Gasteiger partial charge in [0.1, 0.15) is 0 Å². The highest BCUT2D eigenvalue weighted by Gasteiger charge is 2.31. The average Bonchev–Trinajstić information content (AvgIpc) is 2.12. The Kier molecular flexibility index (Phi) is 3.80. The second-order valence-corrected chi connectivity index (χ2v) is 3.68.